The van der Waals surface area contributed by atoms with Crippen LogP contribution in [0.3, 0.4) is 0 Å². The van der Waals surface area contributed by atoms with Crippen molar-refractivity contribution >= 4 is 23.2 Å². The Morgan fingerprint density at radius 1 is 0.643 bits per heavy atom. The summed E-state index contributed by atoms with van der Waals surface area (Å²) in [5.74, 6) is -10.6. The van der Waals surface area contributed by atoms with Crippen LogP contribution in [0, 0.1) is 0 Å². The van der Waals surface area contributed by atoms with Gasteiger partial charge in [0.15, 0.2) is 23.3 Å². The summed E-state index contributed by atoms with van der Waals surface area (Å²) in [5.41, 5.74) is 0. The Hall–Kier alpha value is -0.360. The Morgan fingerprint density at radius 3 is 0.929 bits per heavy atom. The minimum Gasteiger partial charge on any atom is -0.210 e. The molecule has 8 heteroatoms. The molecule has 0 amide bonds. The van der Waals surface area contributed by atoms with Crippen molar-refractivity contribution < 1.29 is 26.3 Å². The molecule has 0 N–H and O–H groups in total. The minimum absolute atomic E-state index is 2.64. The number of hydrogen-bond donors (Lipinski definition) is 0. The summed E-state index contributed by atoms with van der Waals surface area (Å²) < 4.78 is 75.4. The fraction of sp³-hybridized carbons (Fsp3) is 0.333. The van der Waals surface area contributed by atoms with E-state index in [4.69, 9.17) is 0 Å². The smallest absolute Gasteiger partial charge is 0.210 e. The van der Waals surface area contributed by atoms with Gasteiger partial charge in [-0.05, 0) is 0 Å². The van der Waals surface area contributed by atoms with Crippen LogP contribution in [0.15, 0.2) is 23.3 Å². The Morgan fingerprint density at radius 2 is 0.786 bits per heavy atom. The summed E-state index contributed by atoms with van der Waals surface area (Å²) in [4.78, 5) is 0. The molecule has 1 rings (SSSR count). The van der Waals surface area contributed by atoms with Crippen molar-refractivity contribution in [1.29, 1.82) is 0 Å². The summed E-state index contributed by atoms with van der Waals surface area (Å²) in [6, 6.07) is 0. The maximum absolute atomic E-state index is 12.7. The van der Waals surface area contributed by atoms with Gasteiger partial charge in [0.05, 0.1) is 0 Å². The molecule has 0 bridgehead atoms. The second-order valence-corrected chi connectivity index (χ2v) is 3.45. The number of allylic oxidation sites excluding steroid dienone is 4. The maximum atomic E-state index is 12.7. The first-order chi connectivity index (χ1) is 6.13. The van der Waals surface area contributed by atoms with Crippen molar-refractivity contribution in [2.24, 2.45) is 0 Å². The summed E-state index contributed by atoms with van der Waals surface area (Å²) in [5, 5.41) is -8.36. The molecule has 0 heterocycles. The third-order valence-corrected chi connectivity index (χ3v) is 2.15. The van der Waals surface area contributed by atoms with Gasteiger partial charge in [0.1, 0.15) is 0 Å². The fourth-order valence-corrected chi connectivity index (χ4v) is 1.08. The van der Waals surface area contributed by atoms with Gasteiger partial charge in [-0.1, -0.05) is 23.2 Å². The summed E-state index contributed by atoms with van der Waals surface area (Å²) in [6.45, 7) is 0. The molecule has 0 saturated carbocycles. The van der Waals surface area contributed by atoms with Crippen molar-refractivity contribution in [2.75, 3.05) is 0 Å². The first kappa shape index (κ1) is 11.7. The third-order valence-electron chi connectivity index (χ3n) is 1.49. The number of hydrogen-bond acceptors (Lipinski definition) is 0. The quantitative estimate of drug-likeness (QED) is 0.452. The van der Waals surface area contributed by atoms with E-state index >= 15 is 0 Å². The molecule has 1 aliphatic rings. The van der Waals surface area contributed by atoms with Gasteiger partial charge in [-0.3, -0.25) is 0 Å². The Bertz CT molecular complexity index is 280. The molecule has 0 aliphatic heterocycles. The molecule has 0 atom stereocenters. The molecule has 80 valence electrons. The predicted octanol–water partition coefficient (Wildman–Crippen LogP) is 4.11. The van der Waals surface area contributed by atoms with Crippen LogP contribution in [0.4, 0.5) is 26.3 Å². The lowest BCUT2D eigenvalue weighted by Gasteiger charge is -2.25. The number of halogens is 8. The van der Waals surface area contributed by atoms with E-state index in [0.717, 1.165) is 0 Å². The van der Waals surface area contributed by atoms with Gasteiger partial charge >= 0.3 is 0 Å². The zero-order chi connectivity index (χ0) is 11.3. The zero-order valence-corrected chi connectivity index (χ0v) is 7.54. The largest absolute Gasteiger partial charge is 0.291 e. The van der Waals surface area contributed by atoms with Crippen molar-refractivity contribution in [3.63, 3.8) is 0 Å². The van der Waals surface area contributed by atoms with E-state index in [1.54, 1.807) is 0 Å². The van der Waals surface area contributed by atoms with Crippen LogP contribution in [0.25, 0.3) is 0 Å². The van der Waals surface area contributed by atoms with Crippen molar-refractivity contribution in [1.82, 2.24) is 0 Å². The van der Waals surface area contributed by atoms with Crippen molar-refractivity contribution in [3.05, 3.63) is 23.3 Å². The molecule has 0 radical (unpaired) electrons. The molecule has 1 aliphatic carbocycles. The molecule has 0 fully saturated rings. The molecule has 0 spiro atoms. The van der Waals surface area contributed by atoms with E-state index in [1.165, 1.54) is 0 Å². The summed E-state index contributed by atoms with van der Waals surface area (Å²) >= 11 is 8.90. The number of rotatable bonds is 0. The van der Waals surface area contributed by atoms with Crippen LogP contribution in [-0.2, 0) is 0 Å². The standard InChI is InChI=1S/C6Cl2F6/c7-5(13)1(9)2(10)6(8,14)4(12)3(5)11. The lowest BCUT2D eigenvalue weighted by atomic mass is 10.1. The average molecular weight is 257 g/mol. The van der Waals surface area contributed by atoms with E-state index < -0.39 is 33.6 Å². The lowest BCUT2D eigenvalue weighted by Crippen LogP contribution is -2.32. The molecule has 0 nitrogen and oxygen atoms in total. The van der Waals surface area contributed by atoms with Gasteiger partial charge in [-0.25, -0.2) is 26.3 Å². The molecule has 0 saturated heterocycles. The van der Waals surface area contributed by atoms with Crippen LogP contribution < -0.4 is 0 Å². The third kappa shape index (κ3) is 1.32. The second-order valence-electron chi connectivity index (χ2n) is 2.40. The Labute approximate surface area is 83.8 Å². The van der Waals surface area contributed by atoms with Crippen LogP contribution >= 0.6 is 23.2 Å². The summed E-state index contributed by atoms with van der Waals surface area (Å²) in [7, 11) is 0. The number of alkyl halides is 4. The highest BCUT2D eigenvalue weighted by atomic mass is 35.5. The van der Waals surface area contributed by atoms with Crippen molar-refractivity contribution in [3.8, 4) is 0 Å². The predicted molar refractivity (Wildman–Crippen MR) is 37.9 cm³/mol. The lowest BCUT2D eigenvalue weighted by molar-refractivity contribution is 0.182. The highest BCUT2D eigenvalue weighted by Crippen LogP contribution is 2.53. The minimum atomic E-state index is -4.18. The van der Waals surface area contributed by atoms with E-state index in [-0.39, 0.29) is 0 Å². The monoisotopic (exact) mass is 256 g/mol. The Kier molecular flexibility index (Phi) is 2.56. The van der Waals surface area contributed by atoms with E-state index in [9.17, 15) is 26.3 Å². The summed E-state index contributed by atoms with van der Waals surface area (Å²) in [6.07, 6.45) is 0. The van der Waals surface area contributed by atoms with E-state index in [0.29, 0.717) is 0 Å². The first-order valence-corrected chi connectivity index (χ1v) is 3.77. The molecular formula is C6Cl2F6. The van der Waals surface area contributed by atoms with Crippen LogP contribution in [0.5, 0.6) is 0 Å². The average Bonchev–Trinajstić information content (AvgIpc) is 2.11. The Balaban J connectivity index is 3.46. The fourth-order valence-electron chi connectivity index (χ4n) is 0.744. The molecule has 0 aromatic heterocycles. The molecule has 0 unspecified atom stereocenters. The van der Waals surface area contributed by atoms with Crippen LogP contribution in [-0.4, -0.2) is 10.3 Å². The highest BCUT2D eigenvalue weighted by Gasteiger charge is 2.57. The topological polar surface area (TPSA) is 0 Å². The second kappa shape index (κ2) is 3.06. The first-order valence-electron chi connectivity index (χ1n) is 3.01. The van der Waals surface area contributed by atoms with Crippen molar-refractivity contribution in [2.45, 2.75) is 10.3 Å². The van der Waals surface area contributed by atoms with Crippen LogP contribution in [0.1, 0.15) is 0 Å². The van der Waals surface area contributed by atoms with Gasteiger partial charge in [0, 0.05) is 0 Å². The highest BCUT2D eigenvalue weighted by molar-refractivity contribution is 6.29. The normalized spacial score (nSPS) is 39.4. The zero-order valence-electron chi connectivity index (χ0n) is 6.02. The van der Waals surface area contributed by atoms with Gasteiger partial charge in [-0.15, -0.1) is 0 Å². The van der Waals surface area contributed by atoms with Gasteiger partial charge < -0.3 is 0 Å². The maximum Gasteiger partial charge on any atom is 0.291 e. The van der Waals surface area contributed by atoms with E-state index in [2.05, 4.69) is 23.2 Å². The molecule has 0 aromatic carbocycles. The van der Waals surface area contributed by atoms with Gasteiger partial charge in [0.25, 0.3) is 10.3 Å². The molecular weight excluding hydrogens is 257 g/mol. The van der Waals surface area contributed by atoms with Gasteiger partial charge in [-0.2, -0.15) is 0 Å². The SMILES string of the molecule is FC1=C(F)C(F)(Cl)C(F)=C(F)C1(F)Cl. The van der Waals surface area contributed by atoms with Crippen LogP contribution in [0.2, 0.25) is 0 Å². The molecule has 14 heavy (non-hydrogen) atoms. The molecule has 0 aromatic rings. The van der Waals surface area contributed by atoms with E-state index in [1.807, 2.05) is 0 Å². The van der Waals surface area contributed by atoms with Gasteiger partial charge in [0.2, 0.25) is 0 Å².